The summed E-state index contributed by atoms with van der Waals surface area (Å²) >= 11 is -1.99. The highest BCUT2D eigenvalue weighted by molar-refractivity contribution is 6.46. The molecule has 0 aliphatic heterocycles. The van der Waals surface area contributed by atoms with Gasteiger partial charge in [-0.3, -0.25) is 0 Å². The Morgan fingerprint density at radius 1 is 1.15 bits per heavy atom. The second-order valence-corrected chi connectivity index (χ2v) is 3.42. The first-order chi connectivity index (χ1) is 5.54. The van der Waals surface area contributed by atoms with Crippen LogP contribution in [0.25, 0.3) is 0 Å². The highest BCUT2D eigenvalue weighted by Gasteiger charge is 2.30. The Balaban J connectivity index is 0.00000144. The van der Waals surface area contributed by atoms with E-state index in [-0.39, 0.29) is 16.1 Å². The van der Waals surface area contributed by atoms with Gasteiger partial charge in [-0.1, -0.05) is 24.3 Å². The fourth-order valence-electron chi connectivity index (χ4n) is 0.831. The lowest BCUT2D eigenvalue weighted by atomic mass is 10.2. The molecule has 0 aliphatic carbocycles. The smallest absolute Gasteiger partial charge is 0.475 e. The van der Waals surface area contributed by atoms with Crippen molar-refractivity contribution in [3.63, 3.8) is 0 Å². The van der Waals surface area contributed by atoms with Crippen LogP contribution in [0.4, 0.5) is 16.1 Å². The van der Waals surface area contributed by atoms with Crippen LogP contribution in [0.15, 0.2) is 24.3 Å². The molecule has 0 radical (unpaired) electrons. The van der Waals surface area contributed by atoms with Crippen molar-refractivity contribution in [3.8, 4) is 0 Å². The normalized spacial score (nSPS) is 10.2. The lowest BCUT2D eigenvalue weighted by Gasteiger charge is -2.06. The van der Waals surface area contributed by atoms with E-state index in [2.05, 4.69) is 0 Å². The van der Waals surface area contributed by atoms with Crippen LogP contribution in [-0.2, 0) is 6.18 Å². The van der Waals surface area contributed by atoms with Crippen molar-refractivity contribution in [1.29, 1.82) is 0 Å². The van der Waals surface area contributed by atoms with E-state index in [0.717, 1.165) is 12.1 Å². The highest BCUT2D eigenvalue weighted by atomic mass is 35.5. The zero-order valence-corrected chi connectivity index (χ0v) is 8.67. The summed E-state index contributed by atoms with van der Waals surface area (Å²) in [6, 6.07) is 4.41. The molecule has 0 N–H and O–H groups in total. The van der Waals surface area contributed by atoms with E-state index >= 15 is 0 Å². The molecular weight excluding hydrogens is 220 g/mol. The average molecular weight is 225 g/mol. The Morgan fingerprint density at radius 2 is 1.77 bits per heavy atom. The molecule has 0 aliphatic rings. The fourth-order valence-corrected chi connectivity index (χ4v) is 1.35. The third-order valence-electron chi connectivity index (χ3n) is 1.41. The molecule has 0 bridgehead atoms. The topological polar surface area (TPSA) is 0 Å². The molecule has 0 amide bonds. The standard InChI is InChI=1S/C7H4F3.ClH.FH.Mg/c8-7(9,10)6-4-2-1-3-5-6;;;/h1-2,4-5H;2*1H;/q;;;+1/p-1. The minimum atomic E-state index is -4.36. The second kappa shape index (κ2) is 5.02. The number of alkyl halides is 3. The van der Waals surface area contributed by atoms with Crippen molar-refractivity contribution in [2.45, 2.75) is 6.18 Å². The molecule has 0 aromatic heterocycles. The van der Waals surface area contributed by atoms with Crippen LogP contribution in [0.2, 0.25) is 0 Å². The van der Waals surface area contributed by atoms with E-state index in [9.17, 15) is 16.1 Å². The summed E-state index contributed by atoms with van der Waals surface area (Å²) in [5.74, 6) is 0. The van der Waals surface area contributed by atoms with E-state index in [1.165, 1.54) is 12.1 Å². The molecule has 0 saturated heterocycles. The monoisotopic (exact) mass is 224 g/mol. The largest absolute Gasteiger partial charge is 0.652 e. The van der Waals surface area contributed by atoms with Crippen molar-refractivity contribution in [2.24, 2.45) is 0 Å². The number of rotatable bonds is 1. The van der Waals surface area contributed by atoms with Crippen LogP contribution in [0.3, 0.4) is 0 Å². The SMILES string of the molecule is Cl.[F][Mg][c]1cccc(C(F)(F)F)c1. The van der Waals surface area contributed by atoms with Gasteiger partial charge < -0.3 is 2.96 Å². The number of benzene rings is 1. The van der Waals surface area contributed by atoms with Gasteiger partial charge in [0.25, 0.3) is 0 Å². The summed E-state index contributed by atoms with van der Waals surface area (Å²) in [5.41, 5.74) is -0.773. The van der Waals surface area contributed by atoms with Gasteiger partial charge in [0.1, 0.15) is 0 Å². The predicted molar refractivity (Wildman–Crippen MR) is 45.2 cm³/mol. The molecule has 13 heavy (non-hydrogen) atoms. The summed E-state index contributed by atoms with van der Waals surface area (Å²) < 4.78 is 48.2. The minimum Gasteiger partial charge on any atom is -0.475 e. The Bertz CT molecular complexity index is 273. The first-order valence-corrected chi connectivity index (χ1v) is 4.50. The van der Waals surface area contributed by atoms with Crippen LogP contribution in [0.1, 0.15) is 5.56 Å². The first-order valence-electron chi connectivity index (χ1n) is 3.26. The first kappa shape index (κ1) is 13.0. The number of halogens is 5. The molecule has 1 aromatic rings. The highest BCUT2D eigenvalue weighted by Crippen LogP contribution is 2.27. The average Bonchev–Trinajstić information content (AvgIpc) is 2.03. The molecule has 0 saturated carbocycles. The van der Waals surface area contributed by atoms with Gasteiger partial charge in [-0.25, -0.2) is 0 Å². The Hall–Kier alpha value is -0.00377. The lowest BCUT2D eigenvalue weighted by Crippen LogP contribution is -2.14. The van der Waals surface area contributed by atoms with E-state index in [4.69, 9.17) is 0 Å². The van der Waals surface area contributed by atoms with Gasteiger partial charge in [0.05, 0.1) is 5.56 Å². The predicted octanol–water partition coefficient (Wildman–Crippen LogP) is 2.34. The van der Waals surface area contributed by atoms with Crippen LogP contribution >= 0.6 is 12.4 Å². The Morgan fingerprint density at radius 3 is 2.23 bits per heavy atom. The maximum absolute atomic E-state index is 12.1. The van der Waals surface area contributed by atoms with Gasteiger partial charge in [0, 0.05) is 0 Å². The molecule has 0 unspecified atom stereocenters. The van der Waals surface area contributed by atoms with Gasteiger partial charge in [-0.15, -0.1) is 16.1 Å². The summed E-state index contributed by atoms with van der Waals surface area (Å²) in [4.78, 5) is 0. The van der Waals surface area contributed by atoms with Gasteiger partial charge in [0.15, 0.2) is 0 Å². The molecule has 0 atom stereocenters. The van der Waals surface area contributed by atoms with Crippen molar-refractivity contribution < 1.29 is 16.1 Å². The lowest BCUT2D eigenvalue weighted by molar-refractivity contribution is -0.137. The molecule has 1 rings (SSSR count). The summed E-state index contributed by atoms with van der Waals surface area (Å²) in [6.07, 6.45) is -4.36. The van der Waals surface area contributed by atoms with Gasteiger partial charge in [-0.2, -0.15) is 13.2 Å². The van der Waals surface area contributed by atoms with Gasteiger partial charge in [0.2, 0.25) is 0 Å². The van der Waals surface area contributed by atoms with Gasteiger partial charge in [-0.05, 0) is 0 Å². The molecule has 1 aromatic carbocycles. The maximum Gasteiger partial charge on any atom is 0.652 e. The van der Waals surface area contributed by atoms with E-state index in [1.54, 1.807) is 0 Å². The molecular formula is C7H5ClF4Mg. The molecule has 0 spiro atoms. The molecule has 0 heterocycles. The molecule has 70 valence electrons. The zero-order valence-electron chi connectivity index (χ0n) is 6.44. The van der Waals surface area contributed by atoms with Crippen molar-refractivity contribution >= 4 is 37.0 Å². The third kappa shape index (κ3) is 3.70. The van der Waals surface area contributed by atoms with Crippen LogP contribution < -0.4 is 3.69 Å². The zero-order chi connectivity index (χ0) is 9.19. The third-order valence-corrected chi connectivity index (χ3v) is 2.16. The summed E-state index contributed by atoms with van der Waals surface area (Å²) in [7, 11) is 0. The van der Waals surface area contributed by atoms with Gasteiger partial charge >= 0.3 is 27.1 Å². The summed E-state index contributed by atoms with van der Waals surface area (Å²) in [5, 5.41) is 0. The summed E-state index contributed by atoms with van der Waals surface area (Å²) in [6.45, 7) is 0. The fraction of sp³-hybridized carbons (Fsp3) is 0.143. The quantitative estimate of drug-likeness (QED) is 0.508. The minimum absolute atomic E-state index is 0. The van der Waals surface area contributed by atoms with Crippen LogP contribution in [0.5, 0.6) is 0 Å². The van der Waals surface area contributed by atoms with E-state index < -0.39 is 32.7 Å². The molecule has 0 fully saturated rings. The number of hydrogen-bond acceptors (Lipinski definition) is 0. The van der Waals surface area contributed by atoms with Crippen LogP contribution in [0, 0.1) is 0 Å². The molecule has 6 heteroatoms. The maximum atomic E-state index is 12.1. The van der Waals surface area contributed by atoms with Crippen LogP contribution in [-0.4, -0.2) is 20.9 Å². The number of hydrogen-bond donors (Lipinski definition) is 0. The Labute approximate surface area is 89.2 Å². The molecule has 0 nitrogen and oxygen atoms in total. The van der Waals surface area contributed by atoms with Crippen molar-refractivity contribution in [2.75, 3.05) is 0 Å². The van der Waals surface area contributed by atoms with E-state index in [0.29, 0.717) is 0 Å². The Kier molecular flexibility index (Phi) is 5.02. The van der Waals surface area contributed by atoms with E-state index in [1.807, 2.05) is 0 Å². The second-order valence-electron chi connectivity index (χ2n) is 2.33. The van der Waals surface area contributed by atoms with Crippen molar-refractivity contribution in [1.82, 2.24) is 0 Å². The van der Waals surface area contributed by atoms with Crippen molar-refractivity contribution in [3.05, 3.63) is 29.8 Å².